The van der Waals surface area contributed by atoms with Gasteiger partial charge >= 0.3 is 4.87 Å². The lowest BCUT2D eigenvalue weighted by Crippen LogP contribution is -2.45. The molecule has 0 saturated heterocycles. The van der Waals surface area contributed by atoms with Gasteiger partial charge in [0.1, 0.15) is 6.04 Å². The van der Waals surface area contributed by atoms with E-state index >= 15 is 0 Å². The fraction of sp³-hybridized carbons (Fsp3) is 0.300. The van der Waals surface area contributed by atoms with Crippen molar-refractivity contribution in [3.05, 3.63) is 56.7 Å². The van der Waals surface area contributed by atoms with Gasteiger partial charge in [-0.2, -0.15) is 0 Å². The molecule has 7 nitrogen and oxygen atoms in total. The number of nitrogens with zero attached hydrogens (tertiary/aromatic N) is 2. The smallest absolute Gasteiger partial charge is 0.308 e. The summed E-state index contributed by atoms with van der Waals surface area (Å²) in [4.78, 5) is 24.8. The Morgan fingerprint density at radius 1 is 1.27 bits per heavy atom. The van der Waals surface area contributed by atoms with E-state index in [2.05, 4.69) is 5.32 Å². The van der Waals surface area contributed by atoms with Crippen LogP contribution in [-0.4, -0.2) is 31.2 Å². The molecule has 0 radical (unpaired) electrons. The molecule has 30 heavy (non-hydrogen) atoms. The Morgan fingerprint density at radius 2 is 1.97 bits per heavy atom. The van der Waals surface area contributed by atoms with Crippen molar-refractivity contribution in [2.75, 3.05) is 15.9 Å². The maximum atomic E-state index is 12.9. The molecule has 1 amide bonds. The van der Waals surface area contributed by atoms with Crippen LogP contribution in [0.1, 0.15) is 19.4 Å². The summed E-state index contributed by atoms with van der Waals surface area (Å²) >= 11 is 7.25. The number of carbonyl (C=O) groups is 1. The van der Waals surface area contributed by atoms with E-state index in [0.717, 1.165) is 37.7 Å². The van der Waals surface area contributed by atoms with Crippen LogP contribution in [0.2, 0.25) is 5.02 Å². The molecule has 0 bridgehead atoms. The number of carbonyl (C=O) groups excluding carboxylic acids is 1. The van der Waals surface area contributed by atoms with Crippen molar-refractivity contribution in [2.45, 2.75) is 33.4 Å². The molecule has 160 valence electrons. The Morgan fingerprint density at radius 3 is 2.57 bits per heavy atom. The van der Waals surface area contributed by atoms with Crippen LogP contribution in [0.25, 0.3) is 10.2 Å². The van der Waals surface area contributed by atoms with E-state index in [1.165, 1.54) is 13.0 Å². The summed E-state index contributed by atoms with van der Waals surface area (Å²) in [7, 11) is -3.75. The first-order valence-electron chi connectivity index (χ1n) is 9.22. The number of halogens is 1. The molecule has 1 heterocycles. The van der Waals surface area contributed by atoms with Gasteiger partial charge in [-0.15, -0.1) is 0 Å². The number of benzene rings is 2. The van der Waals surface area contributed by atoms with Gasteiger partial charge in [-0.3, -0.25) is 18.5 Å². The number of nitrogens with one attached hydrogen (secondary N) is 1. The van der Waals surface area contributed by atoms with Gasteiger partial charge in [0.15, 0.2) is 0 Å². The van der Waals surface area contributed by atoms with Crippen molar-refractivity contribution < 1.29 is 13.2 Å². The maximum Gasteiger partial charge on any atom is 0.308 e. The van der Waals surface area contributed by atoms with E-state index in [9.17, 15) is 18.0 Å². The molecule has 1 atom stereocenters. The Balaban J connectivity index is 1.91. The largest absolute Gasteiger partial charge is 0.324 e. The van der Waals surface area contributed by atoms with Gasteiger partial charge in [0, 0.05) is 17.3 Å². The van der Waals surface area contributed by atoms with Crippen LogP contribution >= 0.6 is 22.9 Å². The van der Waals surface area contributed by atoms with Crippen molar-refractivity contribution in [3.8, 4) is 0 Å². The van der Waals surface area contributed by atoms with Crippen LogP contribution in [0, 0.1) is 6.92 Å². The molecule has 0 aliphatic rings. The third-order valence-electron chi connectivity index (χ3n) is 4.75. The second-order valence-corrected chi connectivity index (χ2v) is 10.2. The van der Waals surface area contributed by atoms with Gasteiger partial charge in [-0.25, -0.2) is 8.42 Å². The Labute approximate surface area is 183 Å². The van der Waals surface area contributed by atoms with Gasteiger partial charge in [-0.05, 0) is 56.7 Å². The predicted octanol–water partition coefficient (Wildman–Crippen LogP) is 3.84. The van der Waals surface area contributed by atoms with Crippen LogP contribution in [0.5, 0.6) is 0 Å². The van der Waals surface area contributed by atoms with Gasteiger partial charge < -0.3 is 5.32 Å². The third kappa shape index (κ3) is 4.38. The molecular formula is C20H22ClN3O4S2. The number of aryl methyl sites for hydroxylation is 2. The van der Waals surface area contributed by atoms with E-state index in [1.807, 2.05) is 13.8 Å². The highest BCUT2D eigenvalue weighted by Crippen LogP contribution is 2.27. The number of fused-ring (bicyclic) bond motifs is 1. The summed E-state index contributed by atoms with van der Waals surface area (Å²) in [6, 6.07) is 9.00. The van der Waals surface area contributed by atoms with Gasteiger partial charge in [0.05, 0.1) is 22.2 Å². The molecule has 3 rings (SSSR count). The fourth-order valence-corrected chi connectivity index (χ4v) is 5.55. The second-order valence-electron chi connectivity index (χ2n) is 6.95. The first-order valence-corrected chi connectivity index (χ1v) is 12.3. The minimum Gasteiger partial charge on any atom is -0.324 e. The topological polar surface area (TPSA) is 88.5 Å². The van der Waals surface area contributed by atoms with Gasteiger partial charge in [0.2, 0.25) is 15.9 Å². The van der Waals surface area contributed by atoms with Crippen molar-refractivity contribution >= 4 is 60.5 Å². The number of thiazole rings is 1. The lowest BCUT2D eigenvalue weighted by molar-refractivity contribution is -0.116. The first kappa shape index (κ1) is 22.3. The van der Waals surface area contributed by atoms with E-state index < -0.39 is 22.0 Å². The highest BCUT2D eigenvalue weighted by atomic mass is 35.5. The van der Waals surface area contributed by atoms with Crippen molar-refractivity contribution in [2.24, 2.45) is 0 Å². The number of hydrogen-bond donors (Lipinski definition) is 1. The van der Waals surface area contributed by atoms with Crippen molar-refractivity contribution in [1.29, 1.82) is 0 Å². The zero-order chi connectivity index (χ0) is 22.2. The van der Waals surface area contributed by atoms with Crippen LogP contribution in [0.3, 0.4) is 0 Å². The zero-order valence-corrected chi connectivity index (χ0v) is 19.4. The molecule has 0 aliphatic carbocycles. The minimum absolute atomic E-state index is 0.0659. The standard InChI is InChI=1S/C20H22ClN3O4S2/c1-5-23-17-9-7-14(10-18(17)29-20(23)26)22-19(25)13(3)24(30(4,27)28)15-8-6-12(2)16(21)11-15/h6-11,13H,5H2,1-4H3,(H,22,25)/t13-/m1/s1. The average Bonchev–Trinajstić information content (AvgIpc) is 2.97. The summed E-state index contributed by atoms with van der Waals surface area (Å²) in [5.41, 5.74) is 2.39. The number of aromatic nitrogens is 1. The Kier molecular flexibility index (Phi) is 6.26. The Hall–Kier alpha value is -2.36. The molecule has 3 aromatic rings. The van der Waals surface area contributed by atoms with E-state index in [1.54, 1.807) is 34.9 Å². The SMILES string of the molecule is CCn1c(=O)sc2cc(NC(=O)[C@@H](C)N(c3ccc(C)c(Cl)c3)S(C)(=O)=O)ccc21. The lowest BCUT2D eigenvalue weighted by atomic mass is 10.2. The minimum atomic E-state index is -3.75. The molecule has 0 aliphatic heterocycles. The number of amides is 1. The van der Waals surface area contributed by atoms with Crippen LogP contribution in [0.15, 0.2) is 41.2 Å². The summed E-state index contributed by atoms with van der Waals surface area (Å²) in [6.45, 7) is 5.77. The molecule has 1 aromatic heterocycles. The number of hydrogen-bond acceptors (Lipinski definition) is 5. The lowest BCUT2D eigenvalue weighted by Gasteiger charge is -2.28. The Bertz CT molecular complexity index is 1280. The zero-order valence-electron chi connectivity index (χ0n) is 17.0. The average molecular weight is 468 g/mol. The first-order chi connectivity index (χ1) is 14.0. The molecule has 1 N–H and O–H groups in total. The predicted molar refractivity (Wildman–Crippen MR) is 123 cm³/mol. The molecule has 0 saturated carbocycles. The summed E-state index contributed by atoms with van der Waals surface area (Å²) in [5, 5.41) is 3.16. The molecule has 0 unspecified atom stereocenters. The highest BCUT2D eigenvalue weighted by Gasteiger charge is 2.29. The number of anilines is 2. The monoisotopic (exact) mass is 467 g/mol. The third-order valence-corrected chi connectivity index (χ3v) is 7.34. The molecule has 0 fully saturated rings. The molecule has 2 aromatic carbocycles. The van der Waals surface area contributed by atoms with Gasteiger partial charge in [-0.1, -0.05) is 29.0 Å². The molecular weight excluding hydrogens is 446 g/mol. The maximum absolute atomic E-state index is 12.9. The van der Waals surface area contributed by atoms with Crippen LogP contribution < -0.4 is 14.5 Å². The van der Waals surface area contributed by atoms with Crippen LogP contribution in [-0.2, 0) is 21.4 Å². The normalized spacial score (nSPS) is 12.7. The number of rotatable bonds is 6. The van der Waals surface area contributed by atoms with Gasteiger partial charge in [0.25, 0.3) is 0 Å². The summed E-state index contributed by atoms with van der Waals surface area (Å²) in [5.74, 6) is -0.501. The summed E-state index contributed by atoms with van der Waals surface area (Å²) < 4.78 is 28.3. The van der Waals surface area contributed by atoms with E-state index in [4.69, 9.17) is 11.6 Å². The molecule has 0 spiro atoms. The van der Waals surface area contributed by atoms with E-state index in [-0.39, 0.29) is 4.87 Å². The molecule has 10 heteroatoms. The number of sulfonamides is 1. The van der Waals surface area contributed by atoms with Crippen molar-refractivity contribution in [3.63, 3.8) is 0 Å². The fourth-order valence-electron chi connectivity index (χ4n) is 3.22. The van der Waals surface area contributed by atoms with Crippen LogP contribution in [0.4, 0.5) is 11.4 Å². The quantitative estimate of drug-likeness (QED) is 0.596. The second kappa shape index (κ2) is 8.41. The van der Waals surface area contributed by atoms with Crippen molar-refractivity contribution in [1.82, 2.24) is 4.57 Å². The van der Waals surface area contributed by atoms with E-state index in [0.29, 0.717) is 22.9 Å². The summed E-state index contributed by atoms with van der Waals surface area (Å²) in [6.07, 6.45) is 1.04. The highest BCUT2D eigenvalue weighted by molar-refractivity contribution is 7.92.